The Kier molecular flexibility index (Phi) is 4.07. The Morgan fingerprint density at radius 3 is 2.62 bits per heavy atom. The topological polar surface area (TPSA) is 78.3 Å². The van der Waals surface area contributed by atoms with Crippen molar-refractivity contribution in [2.75, 3.05) is 18.5 Å². The minimum Gasteiger partial charge on any atom is -0.394 e. The Morgan fingerprint density at radius 2 is 2.08 bits per heavy atom. The fourth-order valence-corrected chi connectivity index (χ4v) is 1.08. The number of anilines is 1. The first-order chi connectivity index (χ1) is 6.26. The van der Waals surface area contributed by atoms with Crippen LogP contribution < -0.4 is 5.32 Å². The smallest absolute Gasteiger partial charge is 0.130 e. The van der Waals surface area contributed by atoms with Crippen molar-refractivity contribution in [3.63, 3.8) is 0 Å². The van der Waals surface area contributed by atoms with E-state index >= 15 is 0 Å². The van der Waals surface area contributed by atoms with E-state index in [1.807, 2.05) is 0 Å². The van der Waals surface area contributed by atoms with Gasteiger partial charge >= 0.3 is 0 Å². The van der Waals surface area contributed by atoms with Gasteiger partial charge in [-0.15, -0.1) is 0 Å². The van der Waals surface area contributed by atoms with Crippen molar-refractivity contribution in [1.29, 1.82) is 0 Å². The average molecular weight is 248 g/mol. The van der Waals surface area contributed by atoms with Gasteiger partial charge in [-0.3, -0.25) is 0 Å². The number of nitrogens with one attached hydrogen (secondary N) is 1. The molecule has 6 heteroatoms. The van der Waals surface area contributed by atoms with Crippen LogP contribution in [0.1, 0.15) is 0 Å². The normalized spacial score (nSPS) is 10.5. The first-order valence-corrected chi connectivity index (χ1v) is 4.51. The van der Waals surface area contributed by atoms with E-state index in [-0.39, 0.29) is 19.3 Å². The van der Waals surface area contributed by atoms with Gasteiger partial charge in [0.15, 0.2) is 0 Å². The molecule has 0 aliphatic carbocycles. The number of nitrogens with zero attached hydrogens (tertiary/aromatic N) is 2. The maximum Gasteiger partial charge on any atom is 0.130 e. The van der Waals surface area contributed by atoms with Crippen molar-refractivity contribution in [3.05, 3.63) is 17.0 Å². The van der Waals surface area contributed by atoms with E-state index in [1.54, 1.807) is 6.07 Å². The molecule has 13 heavy (non-hydrogen) atoms. The summed E-state index contributed by atoms with van der Waals surface area (Å²) in [5, 5.41) is 20.4. The fourth-order valence-electron chi connectivity index (χ4n) is 0.771. The van der Waals surface area contributed by atoms with Gasteiger partial charge in [-0.05, 0) is 15.9 Å². The maximum atomic E-state index is 8.78. The van der Waals surface area contributed by atoms with Gasteiger partial charge in [0.2, 0.25) is 0 Å². The summed E-state index contributed by atoms with van der Waals surface area (Å²) in [6, 6.07) is 1.28. The predicted octanol–water partition coefficient (Wildman–Crippen LogP) is 0.00420. The van der Waals surface area contributed by atoms with Gasteiger partial charge in [-0.25, -0.2) is 9.97 Å². The molecule has 72 valence electrons. The minimum absolute atomic E-state index is 0.141. The molecular weight excluding hydrogens is 238 g/mol. The summed E-state index contributed by atoms with van der Waals surface area (Å²) in [5.41, 5.74) is 0. The van der Waals surface area contributed by atoms with Gasteiger partial charge in [-0.1, -0.05) is 0 Å². The molecule has 1 rings (SSSR count). The summed E-state index contributed by atoms with van der Waals surface area (Å²) < 4.78 is 0.652. The predicted molar refractivity (Wildman–Crippen MR) is 51.3 cm³/mol. The number of aliphatic hydroxyl groups excluding tert-OH is 2. The molecule has 0 saturated carbocycles. The van der Waals surface area contributed by atoms with E-state index in [1.165, 1.54) is 6.33 Å². The van der Waals surface area contributed by atoms with Gasteiger partial charge < -0.3 is 15.5 Å². The molecule has 0 aromatic carbocycles. The lowest BCUT2D eigenvalue weighted by Crippen LogP contribution is -2.28. The van der Waals surface area contributed by atoms with Crippen LogP contribution in [0.25, 0.3) is 0 Å². The number of halogens is 1. The number of hydrogen-bond donors (Lipinski definition) is 3. The van der Waals surface area contributed by atoms with Crippen molar-refractivity contribution < 1.29 is 10.2 Å². The standard InChI is InChI=1S/C7H10BrN3O2/c8-6-1-7(10-4-9-6)11-5(2-12)3-13/h1,4-5,12-13H,2-3H2,(H,9,10,11). The largest absolute Gasteiger partial charge is 0.394 e. The second-order valence-corrected chi connectivity index (χ2v) is 3.24. The van der Waals surface area contributed by atoms with E-state index in [2.05, 4.69) is 31.2 Å². The number of rotatable bonds is 4. The van der Waals surface area contributed by atoms with Gasteiger partial charge in [0, 0.05) is 6.07 Å². The van der Waals surface area contributed by atoms with Crippen LogP contribution in [0.4, 0.5) is 5.82 Å². The third kappa shape index (κ3) is 3.25. The zero-order valence-corrected chi connectivity index (χ0v) is 8.40. The Bertz CT molecular complexity index is 268. The van der Waals surface area contributed by atoms with Crippen molar-refractivity contribution in [1.82, 2.24) is 9.97 Å². The number of aromatic nitrogens is 2. The number of aliphatic hydroxyl groups is 2. The molecular formula is C7H10BrN3O2. The second-order valence-electron chi connectivity index (χ2n) is 2.43. The Labute approximate surface area is 84.0 Å². The van der Waals surface area contributed by atoms with Gasteiger partial charge in [-0.2, -0.15) is 0 Å². The maximum absolute atomic E-state index is 8.78. The molecule has 3 N–H and O–H groups in total. The lowest BCUT2D eigenvalue weighted by Gasteiger charge is -2.13. The van der Waals surface area contributed by atoms with E-state index < -0.39 is 0 Å². The van der Waals surface area contributed by atoms with Crippen LogP contribution in [-0.4, -0.2) is 39.4 Å². The molecule has 0 amide bonds. The highest BCUT2D eigenvalue weighted by Gasteiger charge is 2.05. The fraction of sp³-hybridized carbons (Fsp3) is 0.429. The van der Waals surface area contributed by atoms with E-state index in [4.69, 9.17) is 10.2 Å². The zero-order valence-electron chi connectivity index (χ0n) is 6.81. The van der Waals surface area contributed by atoms with E-state index in [0.29, 0.717) is 10.4 Å². The van der Waals surface area contributed by atoms with Gasteiger partial charge in [0.1, 0.15) is 16.7 Å². The van der Waals surface area contributed by atoms with Crippen LogP contribution >= 0.6 is 15.9 Å². The molecule has 1 aromatic rings. The van der Waals surface area contributed by atoms with E-state index in [9.17, 15) is 0 Å². The van der Waals surface area contributed by atoms with Gasteiger partial charge in [0.25, 0.3) is 0 Å². The average Bonchev–Trinajstić information content (AvgIpc) is 2.14. The highest BCUT2D eigenvalue weighted by atomic mass is 79.9. The first kappa shape index (κ1) is 10.4. The molecule has 0 radical (unpaired) electrons. The summed E-state index contributed by atoms with van der Waals surface area (Å²) >= 11 is 3.18. The highest BCUT2D eigenvalue weighted by molar-refractivity contribution is 9.10. The zero-order chi connectivity index (χ0) is 9.68. The molecule has 0 atom stereocenters. The Hall–Kier alpha value is -0.720. The van der Waals surface area contributed by atoms with Crippen molar-refractivity contribution in [2.24, 2.45) is 0 Å². The van der Waals surface area contributed by atoms with Crippen LogP contribution in [0, 0.1) is 0 Å². The molecule has 0 unspecified atom stereocenters. The third-order valence-electron chi connectivity index (χ3n) is 1.43. The monoisotopic (exact) mass is 247 g/mol. The highest BCUT2D eigenvalue weighted by Crippen LogP contribution is 2.10. The van der Waals surface area contributed by atoms with Crippen LogP contribution in [0.5, 0.6) is 0 Å². The lowest BCUT2D eigenvalue weighted by molar-refractivity contribution is 0.203. The number of hydrogen-bond acceptors (Lipinski definition) is 5. The Morgan fingerprint density at radius 1 is 1.38 bits per heavy atom. The van der Waals surface area contributed by atoms with Crippen LogP contribution in [0.2, 0.25) is 0 Å². The Balaban J connectivity index is 2.62. The van der Waals surface area contributed by atoms with Crippen LogP contribution in [0.3, 0.4) is 0 Å². The molecule has 0 bridgehead atoms. The summed E-state index contributed by atoms with van der Waals surface area (Å²) in [6.45, 7) is -0.282. The minimum atomic E-state index is -0.387. The summed E-state index contributed by atoms with van der Waals surface area (Å²) in [5.74, 6) is 0.565. The quantitative estimate of drug-likeness (QED) is 0.654. The SMILES string of the molecule is OCC(CO)Nc1cc(Br)ncn1. The first-order valence-electron chi connectivity index (χ1n) is 3.72. The second kappa shape index (κ2) is 5.11. The third-order valence-corrected chi connectivity index (χ3v) is 1.86. The van der Waals surface area contributed by atoms with Crippen LogP contribution in [0.15, 0.2) is 17.0 Å². The lowest BCUT2D eigenvalue weighted by atomic mass is 10.3. The molecule has 0 fully saturated rings. The van der Waals surface area contributed by atoms with E-state index in [0.717, 1.165) is 0 Å². The van der Waals surface area contributed by atoms with Crippen LogP contribution in [-0.2, 0) is 0 Å². The molecule has 0 spiro atoms. The molecule has 1 aromatic heterocycles. The molecule has 0 aliphatic rings. The summed E-state index contributed by atoms with van der Waals surface area (Å²) in [4.78, 5) is 7.74. The van der Waals surface area contributed by atoms with Gasteiger partial charge in [0.05, 0.1) is 19.3 Å². The molecule has 1 heterocycles. The molecule has 0 saturated heterocycles. The summed E-state index contributed by atoms with van der Waals surface area (Å²) in [6.07, 6.45) is 1.39. The molecule has 0 aliphatic heterocycles. The van der Waals surface area contributed by atoms with Crippen molar-refractivity contribution >= 4 is 21.7 Å². The van der Waals surface area contributed by atoms with Crippen molar-refractivity contribution in [3.8, 4) is 0 Å². The molecule has 5 nitrogen and oxygen atoms in total. The summed E-state index contributed by atoms with van der Waals surface area (Å²) in [7, 11) is 0. The van der Waals surface area contributed by atoms with Crippen molar-refractivity contribution in [2.45, 2.75) is 6.04 Å².